The summed E-state index contributed by atoms with van der Waals surface area (Å²) >= 11 is 0. The number of amides is 2. The van der Waals surface area contributed by atoms with Crippen molar-refractivity contribution in [2.24, 2.45) is 0 Å². The van der Waals surface area contributed by atoms with Crippen LogP contribution in [-0.2, 0) is 33.3 Å². The molecule has 3 rings (SSSR count). The Morgan fingerprint density at radius 2 is 1.80 bits per heavy atom. The van der Waals surface area contributed by atoms with Crippen LogP contribution in [0.1, 0.15) is 25.0 Å². The van der Waals surface area contributed by atoms with Crippen molar-refractivity contribution in [3.8, 4) is 0 Å². The molecule has 1 aromatic carbocycles. The van der Waals surface area contributed by atoms with Crippen LogP contribution >= 0.6 is 0 Å². The second-order valence-corrected chi connectivity index (χ2v) is 7.94. The molecule has 2 aliphatic heterocycles. The number of allylic oxidation sites excluding steroid dienone is 1. The first kappa shape index (κ1) is 26.6. The van der Waals surface area contributed by atoms with Gasteiger partial charge in [0.25, 0.3) is 5.91 Å². The van der Waals surface area contributed by atoms with Gasteiger partial charge >= 0.3 is 6.09 Å². The van der Waals surface area contributed by atoms with E-state index in [2.05, 4.69) is 0 Å². The van der Waals surface area contributed by atoms with Crippen LogP contribution in [0.4, 0.5) is 4.79 Å². The Hall–Kier alpha value is -3.05. The number of rotatable bonds is 12. The highest BCUT2D eigenvalue weighted by atomic mass is 16.6. The van der Waals surface area contributed by atoms with Crippen LogP contribution in [0.5, 0.6) is 0 Å². The molecule has 0 unspecified atom stereocenters. The van der Waals surface area contributed by atoms with Crippen molar-refractivity contribution in [3.63, 3.8) is 0 Å². The van der Waals surface area contributed by atoms with Crippen LogP contribution < -0.4 is 0 Å². The zero-order valence-corrected chi connectivity index (χ0v) is 19.8. The summed E-state index contributed by atoms with van der Waals surface area (Å²) < 4.78 is 27.1. The van der Waals surface area contributed by atoms with E-state index >= 15 is 0 Å². The number of ether oxygens (including phenoxy) is 5. The number of carbonyl (C=O) groups is 3. The predicted molar refractivity (Wildman–Crippen MR) is 123 cm³/mol. The summed E-state index contributed by atoms with van der Waals surface area (Å²) in [7, 11) is 1.29. The molecule has 35 heavy (non-hydrogen) atoms. The largest absolute Gasteiger partial charge is 0.479 e. The quantitative estimate of drug-likeness (QED) is 0.439. The zero-order valence-electron chi connectivity index (χ0n) is 19.8. The molecule has 10 nitrogen and oxygen atoms in total. The highest BCUT2D eigenvalue weighted by Crippen LogP contribution is 2.33. The Morgan fingerprint density at radius 1 is 1.09 bits per heavy atom. The van der Waals surface area contributed by atoms with Crippen LogP contribution in [0, 0.1) is 0 Å². The van der Waals surface area contributed by atoms with Gasteiger partial charge in [-0.25, -0.2) is 9.69 Å². The molecule has 0 aromatic heterocycles. The van der Waals surface area contributed by atoms with Gasteiger partial charge in [0.05, 0.1) is 39.1 Å². The third-order valence-electron chi connectivity index (χ3n) is 5.58. The molecular formula is C25H31NO9. The number of benzene rings is 1. The summed E-state index contributed by atoms with van der Waals surface area (Å²) in [4.78, 5) is 39.4. The van der Waals surface area contributed by atoms with Crippen LogP contribution in [0.3, 0.4) is 0 Å². The van der Waals surface area contributed by atoms with E-state index in [0.717, 1.165) is 10.5 Å². The molecule has 4 atom stereocenters. The van der Waals surface area contributed by atoms with Gasteiger partial charge in [-0.3, -0.25) is 9.59 Å². The van der Waals surface area contributed by atoms with Crippen LogP contribution in [0.2, 0.25) is 0 Å². The smallest absolute Gasteiger partial charge is 0.417 e. The molecule has 1 aromatic rings. The molecule has 1 fully saturated rings. The third-order valence-corrected chi connectivity index (χ3v) is 5.58. The van der Waals surface area contributed by atoms with Crippen molar-refractivity contribution in [1.29, 1.82) is 0 Å². The van der Waals surface area contributed by atoms with E-state index in [4.69, 9.17) is 28.8 Å². The molecule has 190 valence electrons. The number of aliphatic hydroxyl groups excluding tert-OH is 1. The summed E-state index contributed by atoms with van der Waals surface area (Å²) in [6.07, 6.45) is 1.07. The second kappa shape index (κ2) is 13.1. The standard InChI is InChI=1S/C25H31NO9/c1-17-21(18-7-4-3-5-8-18)35-25(30)26(17)24(29)23(31-2)22-20(28)11-10-19(34-22)9-6-13-32-15-16-33-14-12-27/h3-5,7-11,17,21-23,27H,6,12-16H2,1-2H3/t17-,21-,22-,23-/m1/s1. The van der Waals surface area contributed by atoms with Crippen molar-refractivity contribution in [2.75, 3.05) is 40.1 Å². The monoisotopic (exact) mass is 489 g/mol. The first-order valence-electron chi connectivity index (χ1n) is 11.4. The number of carbonyl (C=O) groups excluding carboxylic acids is 3. The minimum absolute atomic E-state index is 0.0356. The highest BCUT2D eigenvalue weighted by molar-refractivity contribution is 6.03. The molecule has 2 heterocycles. The molecule has 0 radical (unpaired) electrons. The van der Waals surface area contributed by atoms with Gasteiger partial charge in [-0.05, 0) is 37.1 Å². The molecule has 0 spiro atoms. The molecule has 2 amide bonds. The van der Waals surface area contributed by atoms with E-state index in [9.17, 15) is 14.4 Å². The fourth-order valence-electron chi connectivity index (χ4n) is 3.84. The number of nitrogens with zero attached hydrogens (tertiary/aromatic N) is 1. The van der Waals surface area contributed by atoms with E-state index in [0.29, 0.717) is 32.0 Å². The summed E-state index contributed by atoms with van der Waals surface area (Å²) in [5, 5.41) is 8.66. The summed E-state index contributed by atoms with van der Waals surface area (Å²) in [6, 6.07) is 8.53. The van der Waals surface area contributed by atoms with E-state index in [1.165, 1.54) is 19.3 Å². The minimum Gasteiger partial charge on any atom is -0.479 e. The SMILES string of the molecule is CO[C@@H](C(=O)N1C(=O)O[C@@H](c2ccccc2)[C@H]1C)[C@@H]1OC(=CCCOCCOCCO)C=CC1=O. The Bertz CT molecular complexity index is 930. The van der Waals surface area contributed by atoms with Gasteiger partial charge in [-0.1, -0.05) is 30.3 Å². The Labute approximate surface area is 204 Å². The Morgan fingerprint density at radius 3 is 2.49 bits per heavy atom. The molecule has 10 heteroatoms. The Balaban J connectivity index is 1.61. The van der Waals surface area contributed by atoms with Crippen LogP contribution in [-0.4, -0.2) is 86.2 Å². The van der Waals surface area contributed by atoms with Gasteiger partial charge in [0.2, 0.25) is 0 Å². The fourth-order valence-corrected chi connectivity index (χ4v) is 3.84. The lowest BCUT2D eigenvalue weighted by atomic mass is 10.0. The second-order valence-electron chi connectivity index (χ2n) is 7.94. The van der Waals surface area contributed by atoms with E-state index in [-0.39, 0.29) is 13.2 Å². The van der Waals surface area contributed by atoms with Crippen molar-refractivity contribution in [2.45, 2.75) is 37.7 Å². The number of methoxy groups -OCH3 is 1. The lowest BCUT2D eigenvalue weighted by Crippen LogP contribution is -2.52. The molecule has 1 saturated heterocycles. The minimum atomic E-state index is -1.33. The fraction of sp³-hybridized carbons (Fsp3) is 0.480. The number of hydrogen-bond acceptors (Lipinski definition) is 9. The molecule has 0 aliphatic carbocycles. The highest BCUT2D eigenvalue weighted by Gasteiger charge is 2.48. The first-order chi connectivity index (χ1) is 17.0. The van der Waals surface area contributed by atoms with Gasteiger partial charge in [-0.15, -0.1) is 0 Å². The zero-order chi connectivity index (χ0) is 25.2. The van der Waals surface area contributed by atoms with Crippen LogP contribution in [0.25, 0.3) is 0 Å². The van der Waals surface area contributed by atoms with E-state index in [1.54, 1.807) is 13.0 Å². The maximum atomic E-state index is 13.3. The van der Waals surface area contributed by atoms with Crippen molar-refractivity contribution in [1.82, 2.24) is 4.90 Å². The van der Waals surface area contributed by atoms with Gasteiger partial charge in [0.1, 0.15) is 11.9 Å². The van der Waals surface area contributed by atoms with Gasteiger partial charge in [0.15, 0.2) is 18.0 Å². The van der Waals surface area contributed by atoms with Crippen molar-refractivity contribution in [3.05, 3.63) is 59.9 Å². The van der Waals surface area contributed by atoms with Gasteiger partial charge in [-0.2, -0.15) is 0 Å². The molecule has 2 aliphatic rings. The lowest BCUT2D eigenvalue weighted by Gasteiger charge is -2.30. The summed E-state index contributed by atoms with van der Waals surface area (Å²) in [5.41, 5.74) is 0.762. The summed E-state index contributed by atoms with van der Waals surface area (Å²) in [6.45, 7) is 3.09. The third kappa shape index (κ3) is 6.76. The van der Waals surface area contributed by atoms with E-state index in [1.807, 2.05) is 30.3 Å². The normalized spacial score (nSPS) is 23.9. The van der Waals surface area contributed by atoms with Gasteiger partial charge < -0.3 is 28.8 Å². The summed E-state index contributed by atoms with van der Waals surface area (Å²) in [5.74, 6) is -0.758. The first-order valence-corrected chi connectivity index (χ1v) is 11.4. The number of ketones is 1. The maximum absolute atomic E-state index is 13.3. The lowest BCUT2D eigenvalue weighted by molar-refractivity contribution is -0.153. The number of cyclic esters (lactones) is 1. The molecule has 0 bridgehead atoms. The molecule has 1 N–H and O–H groups in total. The molecular weight excluding hydrogens is 458 g/mol. The average molecular weight is 490 g/mol. The molecule has 0 saturated carbocycles. The topological polar surface area (TPSA) is 121 Å². The van der Waals surface area contributed by atoms with Crippen LogP contribution in [0.15, 0.2) is 54.3 Å². The maximum Gasteiger partial charge on any atom is 0.417 e. The number of imide groups is 1. The predicted octanol–water partition coefficient (Wildman–Crippen LogP) is 1.93. The number of aliphatic hydroxyl groups is 1. The Kier molecular flexibility index (Phi) is 9.98. The van der Waals surface area contributed by atoms with Crippen molar-refractivity contribution >= 4 is 17.8 Å². The van der Waals surface area contributed by atoms with Gasteiger partial charge in [0, 0.05) is 7.11 Å². The average Bonchev–Trinajstić information content (AvgIpc) is 3.17. The van der Waals surface area contributed by atoms with Crippen molar-refractivity contribution < 1.29 is 43.2 Å². The number of hydrogen-bond donors (Lipinski definition) is 1. The van der Waals surface area contributed by atoms with E-state index < -0.39 is 42.1 Å².